The third kappa shape index (κ3) is 3.77. The van der Waals surface area contributed by atoms with E-state index in [2.05, 4.69) is 25.6 Å². The first-order valence-electron chi connectivity index (χ1n) is 9.95. The SMILES string of the molecule is O=C(NC1CNCCn2c1nc(-c1ccncn1)cc2=O)c1cc(Cl)cc2c1OCC2. The molecule has 2 N–H and O–H groups in total. The van der Waals surface area contributed by atoms with Crippen LogP contribution in [0.5, 0.6) is 5.75 Å². The molecule has 0 saturated heterocycles. The second kappa shape index (κ2) is 8.09. The Kier molecular flexibility index (Phi) is 5.13. The summed E-state index contributed by atoms with van der Waals surface area (Å²) in [5, 5.41) is 6.73. The van der Waals surface area contributed by atoms with E-state index in [1.54, 1.807) is 22.9 Å². The molecule has 1 atom stereocenters. The van der Waals surface area contributed by atoms with Crippen molar-refractivity contribution in [2.75, 3.05) is 19.7 Å². The lowest BCUT2D eigenvalue weighted by Gasteiger charge is -2.20. The summed E-state index contributed by atoms with van der Waals surface area (Å²) < 4.78 is 7.24. The van der Waals surface area contributed by atoms with Gasteiger partial charge in [0.1, 0.15) is 17.9 Å². The number of rotatable bonds is 3. The van der Waals surface area contributed by atoms with Crippen LogP contribution in [0.3, 0.4) is 0 Å². The molecule has 10 heteroatoms. The molecule has 0 radical (unpaired) electrons. The van der Waals surface area contributed by atoms with E-state index in [1.165, 1.54) is 12.4 Å². The lowest BCUT2D eigenvalue weighted by Crippen LogP contribution is -2.37. The Morgan fingerprint density at radius 3 is 3.03 bits per heavy atom. The molecule has 2 aliphatic heterocycles. The number of hydrogen-bond acceptors (Lipinski definition) is 7. The number of hydrogen-bond donors (Lipinski definition) is 2. The van der Waals surface area contributed by atoms with Gasteiger partial charge in [-0.05, 0) is 23.8 Å². The molecule has 9 nitrogen and oxygen atoms in total. The normalized spacial score (nSPS) is 17.3. The number of carbonyl (C=O) groups is 1. The Balaban J connectivity index is 1.52. The zero-order chi connectivity index (χ0) is 21.4. The van der Waals surface area contributed by atoms with Crippen LogP contribution in [0.25, 0.3) is 11.4 Å². The van der Waals surface area contributed by atoms with E-state index in [1.807, 2.05) is 6.07 Å². The lowest BCUT2D eigenvalue weighted by molar-refractivity contribution is 0.0931. The molecule has 2 aromatic heterocycles. The predicted octanol–water partition coefficient (Wildman–Crippen LogP) is 1.36. The topological polar surface area (TPSA) is 111 Å². The molecule has 3 aromatic rings. The van der Waals surface area contributed by atoms with Gasteiger partial charge in [0.2, 0.25) is 0 Å². The van der Waals surface area contributed by atoms with Crippen LogP contribution >= 0.6 is 11.6 Å². The summed E-state index contributed by atoms with van der Waals surface area (Å²) in [7, 11) is 0. The Labute approximate surface area is 182 Å². The van der Waals surface area contributed by atoms with E-state index in [4.69, 9.17) is 16.3 Å². The molecular weight excluding hydrogens is 420 g/mol. The number of nitrogens with zero attached hydrogens (tertiary/aromatic N) is 4. The average molecular weight is 439 g/mol. The number of fused-ring (bicyclic) bond motifs is 2. The minimum atomic E-state index is -0.527. The van der Waals surface area contributed by atoms with Gasteiger partial charge in [0.25, 0.3) is 11.5 Å². The Morgan fingerprint density at radius 1 is 1.29 bits per heavy atom. The minimum absolute atomic E-state index is 0.200. The van der Waals surface area contributed by atoms with Crippen molar-refractivity contribution in [1.82, 2.24) is 30.2 Å². The Hall–Kier alpha value is -3.30. The summed E-state index contributed by atoms with van der Waals surface area (Å²) in [5.74, 6) is 0.699. The number of ether oxygens (including phenoxy) is 1. The molecule has 0 aliphatic carbocycles. The van der Waals surface area contributed by atoms with Gasteiger partial charge in [0.15, 0.2) is 0 Å². The highest BCUT2D eigenvalue weighted by molar-refractivity contribution is 6.31. The third-order valence-electron chi connectivity index (χ3n) is 5.35. The van der Waals surface area contributed by atoms with Gasteiger partial charge in [-0.3, -0.25) is 14.2 Å². The summed E-state index contributed by atoms with van der Waals surface area (Å²) in [5.41, 5.74) is 2.07. The maximum atomic E-state index is 13.2. The van der Waals surface area contributed by atoms with Crippen molar-refractivity contribution in [2.45, 2.75) is 19.0 Å². The van der Waals surface area contributed by atoms with Crippen molar-refractivity contribution in [1.29, 1.82) is 0 Å². The Bertz CT molecular complexity index is 1210. The standard InChI is InChI=1S/C21H19ClN6O3/c22-13-7-12-2-6-31-19(12)14(8-13)21(30)27-17-10-23-4-5-28-18(29)9-16(26-20(17)28)15-1-3-24-11-25-15/h1,3,7-9,11,17,23H,2,4-6,10H2,(H,27,30). The van der Waals surface area contributed by atoms with Gasteiger partial charge in [-0.15, -0.1) is 0 Å². The van der Waals surface area contributed by atoms with Crippen molar-refractivity contribution in [3.05, 3.63) is 69.1 Å². The van der Waals surface area contributed by atoms with Crippen molar-refractivity contribution in [2.24, 2.45) is 0 Å². The lowest BCUT2D eigenvalue weighted by atomic mass is 10.1. The van der Waals surface area contributed by atoms with Crippen molar-refractivity contribution >= 4 is 17.5 Å². The molecule has 4 heterocycles. The highest BCUT2D eigenvalue weighted by Crippen LogP contribution is 2.33. The quantitative estimate of drug-likeness (QED) is 0.635. The first-order chi connectivity index (χ1) is 15.1. The van der Waals surface area contributed by atoms with E-state index < -0.39 is 6.04 Å². The molecule has 0 bridgehead atoms. The molecule has 1 unspecified atom stereocenters. The first kappa shape index (κ1) is 19.7. The molecular formula is C21H19ClN6O3. The molecule has 158 valence electrons. The van der Waals surface area contributed by atoms with Crippen LogP contribution in [-0.4, -0.2) is 45.1 Å². The van der Waals surface area contributed by atoms with Crippen LogP contribution in [0.2, 0.25) is 5.02 Å². The second-order valence-corrected chi connectivity index (χ2v) is 7.79. The molecule has 2 aliphatic rings. The van der Waals surface area contributed by atoms with Crippen molar-refractivity contribution < 1.29 is 9.53 Å². The van der Waals surface area contributed by atoms with Crippen molar-refractivity contribution in [3.8, 4) is 17.1 Å². The number of benzene rings is 1. The molecule has 0 spiro atoms. The van der Waals surface area contributed by atoms with Gasteiger partial charge in [0.05, 0.1) is 29.6 Å². The van der Waals surface area contributed by atoms with Gasteiger partial charge in [-0.25, -0.2) is 15.0 Å². The summed E-state index contributed by atoms with van der Waals surface area (Å²) in [6.07, 6.45) is 3.71. The van der Waals surface area contributed by atoms with Gasteiger partial charge in [-0.2, -0.15) is 0 Å². The van der Waals surface area contributed by atoms with Gasteiger partial charge in [0, 0.05) is 43.3 Å². The molecule has 5 rings (SSSR count). The van der Waals surface area contributed by atoms with E-state index in [0.29, 0.717) is 66.2 Å². The fourth-order valence-corrected chi connectivity index (χ4v) is 4.15. The number of halogens is 1. The van der Waals surface area contributed by atoms with Crippen LogP contribution in [-0.2, 0) is 13.0 Å². The first-order valence-corrected chi connectivity index (χ1v) is 10.3. The largest absolute Gasteiger partial charge is 0.492 e. The average Bonchev–Trinajstić information content (AvgIpc) is 3.15. The predicted molar refractivity (Wildman–Crippen MR) is 113 cm³/mol. The number of aromatic nitrogens is 4. The molecule has 1 aromatic carbocycles. The number of nitrogens with one attached hydrogen (secondary N) is 2. The summed E-state index contributed by atoms with van der Waals surface area (Å²) in [6.45, 7) is 1.98. The smallest absolute Gasteiger partial charge is 0.255 e. The number of amides is 1. The molecule has 1 amide bonds. The molecule has 31 heavy (non-hydrogen) atoms. The monoisotopic (exact) mass is 438 g/mol. The highest BCUT2D eigenvalue weighted by atomic mass is 35.5. The zero-order valence-corrected chi connectivity index (χ0v) is 17.2. The van der Waals surface area contributed by atoms with Gasteiger partial charge < -0.3 is 15.4 Å². The summed E-state index contributed by atoms with van der Waals surface area (Å²) in [4.78, 5) is 38.8. The maximum Gasteiger partial charge on any atom is 0.255 e. The fraction of sp³-hybridized carbons (Fsp3) is 0.286. The molecule has 0 saturated carbocycles. The van der Waals surface area contributed by atoms with Crippen LogP contribution in [0, 0.1) is 0 Å². The fourth-order valence-electron chi connectivity index (χ4n) is 3.91. The van der Waals surface area contributed by atoms with Crippen LogP contribution < -0.4 is 20.9 Å². The maximum absolute atomic E-state index is 13.2. The van der Waals surface area contributed by atoms with Crippen LogP contribution in [0.15, 0.2) is 41.6 Å². The second-order valence-electron chi connectivity index (χ2n) is 7.35. The summed E-state index contributed by atoms with van der Waals surface area (Å²) >= 11 is 6.21. The van der Waals surface area contributed by atoms with Crippen LogP contribution in [0.4, 0.5) is 0 Å². The minimum Gasteiger partial charge on any atom is -0.492 e. The zero-order valence-electron chi connectivity index (χ0n) is 16.5. The van der Waals surface area contributed by atoms with E-state index in [-0.39, 0.29) is 11.5 Å². The van der Waals surface area contributed by atoms with Crippen LogP contribution in [0.1, 0.15) is 27.8 Å². The summed E-state index contributed by atoms with van der Waals surface area (Å²) in [6, 6.07) is 6.03. The van der Waals surface area contributed by atoms with E-state index in [9.17, 15) is 9.59 Å². The van der Waals surface area contributed by atoms with Gasteiger partial charge in [-0.1, -0.05) is 11.6 Å². The Morgan fingerprint density at radius 2 is 2.19 bits per heavy atom. The highest BCUT2D eigenvalue weighted by Gasteiger charge is 2.27. The molecule has 0 fully saturated rings. The van der Waals surface area contributed by atoms with E-state index >= 15 is 0 Å². The van der Waals surface area contributed by atoms with Gasteiger partial charge >= 0.3 is 0 Å². The third-order valence-corrected chi connectivity index (χ3v) is 5.57. The van der Waals surface area contributed by atoms with Crippen molar-refractivity contribution in [3.63, 3.8) is 0 Å². The number of carbonyl (C=O) groups excluding carboxylic acids is 1. The van der Waals surface area contributed by atoms with E-state index in [0.717, 1.165) is 5.56 Å².